The second-order valence-electron chi connectivity index (χ2n) is 7.58. The Bertz CT molecular complexity index is 1220. The van der Waals surface area contributed by atoms with Crippen LogP contribution in [0.1, 0.15) is 13.8 Å². The molecule has 9 nitrogen and oxygen atoms in total. The molecule has 0 aliphatic heterocycles. The third-order valence-corrected chi connectivity index (χ3v) is 6.40. The number of hydrogen-bond donors (Lipinski definition) is 2. The number of carbonyl (C=O) groups is 2. The van der Waals surface area contributed by atoms with Crippen molar-refractivity contribution in [2.75, 3.05) is 37.1 Å². The van der Waals surface area contributed by atoms with E-state index in [1.807, 2.05) is 73.1 Å². The van der Waals surface area contributed by atoms with Gasteiger partial charge in [0.05, 0.1) is 24.6 Å². The maximum Gasteiger partial charge on any atom is 0.252 e. The summed E-state index contributed by atoms with van der Waals surface area (Å²) >= 11 is 2.62. The maximum atomic E-state index is 12.2. The molecule has 0 unspecified atom stereocenters. The third kappa shape index (κ3) is 7.59. The number of ether oxygens (including phenoxy) is 3. The lowest BCUT2D eigenvalue weighted by atomic mass is 10.2. The fourth-order valence-electron chi connectivity index (χ4n) is 3.25. The van der Waals surface area contributed by atoms with Gasteiger partial charge in [-0.25, -0.2) is 9.97 Å². The highest BCUT2D eigenvalue weighted by molar-refractivity contribution is 7.14. The fraction of sp³-hybridized carbons (Fsp3) is 0.231. The van der Waals surface area contributed by atoms with Crippen molar-refractivity contribution in [2.24, 2.45) is 0 Å². The number of thiazole rings is 2. The monoisotopic (exact) mass is 538 g/mol. The topological polar surface area (TPSA) is 112 Å². The minimum Gasteiger partial charge on any atom is -0.494 e. The van der Waals surface area contributed by atoms with E-state index in [-0.39, 0.29) is 13.2 Å². The van der Waals surface area contributed by atoms with E-state index in [0.717, 1.165) is 34.0 Å². The SMILES string of the molecule is CCOc1ccc(-c2csc(NC(=O)COCC(=O)Nc3nc(-c4ccc(OCC)cc4)cs3)n2)cc1. The Balaban J connectivity index is 1.20. The van der Waals surface area contributed by atoms with Crippen LogP contribution < -0.4 is 20.1 Å². The Kier molecular flexibility index (Phi) is 9.19. The van der Waals surface area contributed by atoms with Gasteiger partial charge in [0.2, 0.25) is 0 Å². The Morgan fingerprint density at radius 2 is 1.11 bits per heavy atom. The van der Waals surface area contributed by atoms with Crippen molar-refractivity contribution in [1.82, 2.24) is 9.97 Å². The Morgan fingerprint density at radius 3 is 1.49 bits per heavy atom. The predicted molar refractivity (Wildman–Crippen MR) is 146 cm³/mol. The quantitative estimate of drug-likeness (QED) is 0.251. The highest BCUT2D eigenvalue weighted by Crippen LogP contribution is 2.27. The molecule has 4 aromatic rings. The average Bonchev–Trinajstić information content (AvgIpc) is 3.55. The largest absolute Gasteiger partial charge is 0.494 e. The molecule has 0 aliphatic carbocycles. The highest BCUT2D eigenvalue weighted by Gasteiger charge is 2.12. The maximum absolute atomic E-state index is 12.2. The van der Waals surface area contributed by atoms with Crippen LogP contribution in [0.15, 0.2) is 59.3 Å². The molecular weight excluding hydrogens is 512 g/mol. The molecule has 0 saturated carbocycles. The van der Waals surface area contributed by atoms with Gasteiger partial charge in [0.25, 0.3) is 11.8 Å². The number of amides is 2. The zero-order valence-corrected chi connectivity index (χ0v) is 22.0. The van der Waals surface area contributed by atoms with Crippen molar-refractivity contribution in [1.29, 1.82) is 0 Å². The molecule has 2 aromatic carbocycles. The fourth-order valence-corrected chi connectivity index (χ4v) is 4.72. The van der Waals surface area contributed by atoms with Gasteiger partial charge in [0.15, 0.2) is 10.3 Å². The zero-order valence-electron chi connectivity index (χ0n) is 20.4. The van der Waals surface area contributed by atoms with E-state index in [0.29, 0.717) is 23.5 Å². The normalized spacial score (nSPS) is 10.6. The number of anilines is 2. The number of carbonyl (C=O) groups excluding carboxylic acids is 2. The molecule has 0 saturated heterocycles. The lowest BCUT2D eigenvalue weighted by molar-refractivity contribution is -0.125. The molecule has 0 atom stereocenters. The molecule has 37 heavy (non-hydrogen) atoms. The van der Waals surface area contributed by atoms with Crippen molar-refractivity contribution >= 4 is 44.8 Å². The van der Waals surface area contributed by atoms with Gasteiger partial charge >= 0.3 is 0 Å². The van der Waals surface area contributed by atoms with E-state index in [1.54, 1.807) is 0 Å². The number of nitrogens with zero attached hydrogens (tertiary/aromatic N) is 2. The van der Waals surface area contributed by atoms with Crippen molar-refractivity contribution < 1.29 is 23.8 Å². The molecule has 0 spiro atoms. The smallest absolute Gasteiger partial charge is 0.252 e. The van der Waals surface area contributed by atoms with Crippen LogP contribution in [-0.4, -0.2) is 48.2 Å². The van der Waals surface area contributed by atoms with Crippen LogP contribution in [0.3, 0.4) is 0 Å². The van der Waals surface area contributed by atoms with Crippen LogP contribution in [0.5, 0.6) is 11.5 Å². The van der Waals surface area contributed by atoms with Gasteiger partial charge in [-0.05, 0) is 62.4 Å². The lowest BCUT2D eigenvalue weighted by Gasteiger charge is -2.05. The van der Waals surface area contributed by atoms with Gasteiger partial charge < -0.3 is 14.2 Å². The Hall–Kier alpha value is -3.80. The van der Waals surface area contributed by atoms with E-state index in [4.69, 9.17) is 14.2 Å². The van der Waals surface area contributed by atoms with Crippen LogP contribution in [0.25, 0.3) is 22.5 Å². The van der Waals surface area contributed by atoms with Crippen molar-refractivity contribution in [2.45, 2.75) is 13.8 Å². The molecule has 0 aliphatic rings. The first-order valence-electron chi connectivity index (χ1n) is 11.6. The summed E-state index contributed by atoms with van der Waals surface area (Å²) in [5.41, 5.74) is 3.33. The first kappa shape index (κ1) is 26.3. The first-order chi connectivity index (χ1) is 18.0. The molecule has 0 radical (unpaired) electrons. The van der Waals surface area contributed by atoms with Crippen molar-refractivity contribution in [3.63, 3.8) is 0 Å². The van der Waals surface area contributed by atoms with Crippen LogP contribution in [0, 0.1) is 0 Å². The van der Waals surface area contributed by atoms with Gasteiger partial charge in [-0.15, -0.1) is 22.7 Å². The predicted octanol–water partition coefficient (Wildman–Crippen LogP) is 5.32. The van der Waals surface area contributed by atoms with E-state index in [1.165, 1.54) is 22.7 Å². The molecule has 11 heteroatoms. The van der Waals surface area contributed by atoms with E-state index in [2.05, 4.69) is 20.6 Å². The summed E-state index contributed by atoms with van der Waals surface area (Å²) in [5, 5.41) is 9.99. The molecule has 2 amide bonds. The minimum absolute atomic E-state index is 0.277. The van der Waals surface area contributed by atoms with E-state index >= 15 is 0 Å². The molecule has 2 heterocycles. The van der Waals surface area contributed by atoms with E-state index in [9.17, 15) is 9.59 Å². The second kappa shape index (κ2) is 12.9. The second-order valence-corrected chi connectivity index (χ2v) is 9.30. The molecule has 4 rings (SSSR count). The molecular formula is C26H26N4O5S2. The Labute approximate surface area is 222 Å². The molecule has 0 fully saturated rings. The summed E-state index contributed by atoms with van der Waals surface area (Å²) in [6.07, 6.45) is 0. The minimum atomic E-state index is -0.396. The van der Waals surface area contributed by atoms with Crippen LogP contribution in [0.4, 0.5) is 10.3 Å². The molecule has 192 valence electrons. The molecule has 2 aromatic heterocycles. The number of aromatic nitrogens is 2. The number of rotatable bonds is 12. The van der Waals surface area contributed by atoms with E-state index < -0.39 is 11.8 Å². The van der Waals surface area contributed by atoms with Gasteiger partial charge in [0, 0.05) is 21.9 Å². The zero-order chi connectivity index (χ0) is 26.0. The number of nitrogens with one attached hydrogen (secondary N) is 2. The lowest BCUT2D eigenvalue weighted by Crippen LogP contribution is -2.23. The molecule has 0 bridgehead atoms. The van der Waals surface area contributed by atoms with Crippen LogP contribution in [-0.2, 0) is 14.3 Å². The summed E-state index contributed by atoms with van der Waals surface area (Å²) in [7, 11) is 0. The summed E-state index contributed by atoms with van der Waals surface area (Å²) < 4.78 is 16.2. The number of hydrogen-bond acceptors (Lipinski definition) is 9. The number of benzene rings is 2. The van der Waals surface area contributed by atoms with Crippen LogP contribution >= 0.6 is 22.7 Å². The Morgan fingerprint density at radius 1 is 0.703 bits per heavy atom. The van der Waals surface area contributed by atoms with Gasteiger partial charge in [-0.3, -0.25) is 20.2 Å². The summed E-state index contributed by atoms with van der Waals surface area (Å²) in [6.45, 7) is 4.52. The van der Waals surface area contributed by atoms with Gasteiger partial charge in [-0.1, -0.05) is 0 Å². The van der Waals surface area contributed by atoms with Crippen molar-refractivity contribution in [3.8, 4) is 34.0 Å². The average molecular weight is 539 g/mol. The standard InChI is InChI=1S/C26H26N4O5S2/c1-3-34-19-9-5-17(6-10-19)21-15-36-25(27-21)29-23(31)13-33-14-24(32)30-26-28-22(16-37-26)18-7-11-20(12-8-18)35-4-2/h5-12,15-16H,3-4,13-14H2,1-2H3,(H,27,29,31)(H,28,30,32). The molecule has 2 N–H and O–H groups in total. The summed E-state index contributed by atoms with van der Waals surface area (Å²) in [5.74, 6) is 0.790. The highest BCUT2D eigenvalue weighted by atomic mass is 32.1. The first-order valence-corrected chi connectivity index (χ1v) is 13.3. The van der Waals surface area contributed by atoms with Crippen molar-refractivity contribution in [3.05, 3.63) is 59.3 Å². The van der Waals surface area contributed by atoms with Gasteiger partial charge in [0.1, 0.15) is 24.7 Å². The summed E-state index contributed by atoms with van der Waals surface area (Å²) in [4.78, 5) is 33.3. The van der Waals surface area contributed by atoms with Gasteiger partial charge in [-0.2, -0.15) is 0 Å². The summed E-state index contributed by atoms with van der Waals surface area (Å²) in [6, 6.07) is 15.2. The van der Waals surface area contributed by atoms with Crippen LogP contribution in [0.2, 0.25) is 0 Å². The third-order valence-electron chi connectivity index (χ3n) is 4.89.